The van der Waals surface area contributed by atoms with Crippen LogP contribution in [0.1, 0.15) is 39.5 Å². The zero-order valence-corrected chi connectivity index (χ0v) is 10.7. The third-order valence-electron chi connectivity index (χ3n) is 3.46. The summed E-state index contributed by atoms with van der Waals surface area (Å²) in [5, 5.41) is 12.4. The van der Waals surface area contributed by atoms with Crippen LogP contribution in [0.2, 0.25) is 0 Å². The van der Waals surface area contributed by atoms with Gasteiger partial charge in [0, 0.05) is 25.9 Å². The number of aliphatic hydroxyl groups is 1. The average molecular weight is 229 g/mol. The number of hydrogen-bond donors (Lipinski definition) is 2. The van der Waals surface area contributed by atoms with Crippen LogP contribution >= 0.6 is 0 Å². The monoisotopic (exact) mass is 229 g/mol. The Balaban J connectivity index is 2.07. The molecular formula is C13H27NO2. The first-order valence-corrected chi connectivity index (χ1v) is 6.64. The summed E-state index contributed by atoms with van der Waals surface area (Å²) in [6.07, 6.45) is 4.60. The number of hydrogen-bond acceptors (Lipinski definition) is 3. The Morgan fingerprint density at radius 2 is 2.00 bits per heavy atom. The number of ether oxygens (including phenoxy) is 1. The Morgan fingerprint density at radius 1 is 1.31 bits per heavy atom. The van der Waals surface area contributed by atoms with Gasteiger partial charge in [0.25, 0.3) is 0 Å². The Hall–Kier alpha value is -0.120. The van der Waals surface area contributed by atoms with E-state index >= 15 is 0 Å². The van der Waals surface area contributed by atoms with Crippen LogP contribution in [0.25, 0.3) is 0 Å². The lowest BCUT2D eigenvalue weighted by molar-refractivity contribution is 0.0610. The first-order chi connectivity index (χ1) is 7.72. The predicted molar refractivity (Wildman–Crippen MR) is 66.5 cm³/mol. The van der Waals surface area contributed by atoms with Gasteiger partial charge in [-0.25, -0.2) is 0 Å². The van der Waals surface area contributed by atoms with Gasteiger partial charge in [-0.2, -0.15) is 0 Å². The second kappa shape index (κ2) is 8.04. The van der Waals surface area contributed by atoms with E-state index in [4.69, 9.17) is 9.84 Å². The summed E-state index contributed by atoms with van der Waals surface area (Å²) in [4.78, 5) is 0. The second-order valence-electron chi connectivity index (χ2n) is 5.22. The molecule has 0 aromatic heterocycles. The molecule has 1 saturated heterocycles. The van der Waals surface area contributed by atoms with E-state index in [1.54, 1.807) is 0 Å². The topological polar surface area (TPSA) is 41.5 Å². The van der Waals surface area contributed by atoms with Crippen molar-refractivity contribution in [2.75, 3.05) is 26.4 Å². The zero-order valence-electron chi connectivity index (χ0n) is 10.7. The minimum absolute atomic E-state index is 0.303. The molecule has 0 aliphatic carbocycles. The normalized spacial score (nSPS) is 21.9. The first kappa shape index (κ1) is 13.9. The zero-order chi connectivity index (χ0) is 11.8. The molecule has 1 aliphatic rings. The molecule has 2 N–H and O–H groups in total. The predicted octanol–water partition coefficient (Wildman–Crippen LogP) is 1.80. The molecule has 0 spiro atoms. The lowest BCUT2D eigenvalue weighted by atomic mass is 9.93. The average Bonchev–Trinajstić information content (AvgIpc) is 2.28. The summed E-state index contributed by atoms with van der Waals surface area (Å²) in [5.41, 5.74) is 0. The van der Waals surface area contributed by atoms with Crippen molar-refractivity contribution < 1.29 is 9.84 Å². The van der Waals surface area contributed by atoms with Gasteiger partial charge in [0.15, 0.2) is 0 Å². The van der Waals surface area contributed by atoms with Crippen LogP contribution in [0.4, 0.5) is 0 Å². The summed E-state index contributed by atoms with van der Waals surface area (Å²) in [5.74, 6) is 1.41. The minimum Gasteiger partial charge on any atom is -0.396 e. The molecule has 3 nitrogen and oxygen atoms in total. The molecule has 1 aliphatic heterocycles. The van der Waals surface area contributed by atoms with Crippen LogP contribution in [0.15, 0.2) is 0 Å². The summed E-state index contributed by atoms with van der Waals surface area (Å²) >= 11 is 0. The molecular weight excluding hydrogens is 202 g/mol. The molecule has 1 heterocycles. The molecule has 0 aromatic rings. The molecule has 16 heavy (non-hydrogen) atoms. The highest BCUT2D eigenvalue weighted by atomic mass is 16.5. The molecule has 1 fully saturated rings. The van der Waals surface area contributed by atoms with Crippen LogP contribution < -0.4 is 5.32 Å². The molecule has 96 valence electrons. The second-order valence-corrected chi connectivity index (χ2v) is 5.22. The van der Waals surface area contributed by atoms with Crippen molar-refractivity contribution in [2.24, 2.45) is 11.8 Å². The molecule has 0 saturated carbocycles. The molecule has 0 bridgehead atoms. The van der Waals surface area contributed by atoms with Gasteiger partial charge in [-0.3, -0.25) is 0 Å². The number of aliphatic hydroxyl groups excluding tert-OH is 1. The van der Waals surface area contributed by atoms with Crippen molar-refractivity contribution in [2.45, 2.75) is 45.6 Å². The molecule has 0 aromatic carbocycles. The highest BCUT2D eigenvalue weighted by Gasteiger charge is 2.16. The molecule has 2 atom stereocenters. The molecule has 2 unspecified atom stereocenters. The van der Waals surface area contributed by atoms with E-state index in [0.717, 1.165) is 32.1 Å². The smallest absolute Gasteiger partial charge is 0.0468 e. The molecule has 1 rings (SSSR count). The standard InChI is InChI=1S/C13H27NO2/c1-11(3-6-15)10-14-12(2)9-13-4-7-16-8-5-13/h11-15H,3-10H2,1-2H3. The van der Waals surface area contributed by atoms with Crippen molar-refractivity contribution >= 4 is 0 Å². The minimum atomic E-state index is 0.303. The van der Waals surface area contributed by atoms with Crippen molar-refractivity contribution in [1.82, 2.24) is 5.32 Å². The summed E-state index contributed by atoms with van der Waals surface area (Å²) in [7, 11) is 0. The van der Waals surface area contributed by atoms with Gasteiger partial charge >= 0.3 is 0 Å². The van der Waals surface area contributed by atoms with Gasteiger partial charge in [0.1, 0.15) is 0 Å². The lowest BCUT2D eigenvalue weighted by Crippen LogP contribution is -2.33. The van der Waals surface area contributed by atoms with E-state index in [9.17, 15) is 0 Å². The van der Waals surface area contributed by atoms with Gasteiger partial charge in [-0.15, -0.1) is 0 Å². The summed E-state index contributed by atoms with van der Waals surface area (Å²) in [6, 6.07) is 0.587. The fourth-order valence-electron chi connectivity index (χ4n) is 2.29. The Morgan fingerprint density at radius 3 is 2.62 bits per heavy atom. The maximum atomic E-state index is 8.82. The highest BCUT2D eigenvalue weighted by molar-refractivity contribution is 4.71. The summed E-state index contributed by atoms with van der Waals surface area (Å²) < 4.78 is 5.36. The van der Waals surface area contributed by atoms with Gasteiger partial charge in [0.2, 0.25) is 0 Å². The summed E-state index contributed by atoms with van der Waals surface area (Å²) in [6.45, 7) is 7.66. The van der Waals surface area contributed by atoms with Crippen LogP contribution in [0.3, 0.4) is 0 Å². The van der Waals surface area contributed by atoms with Gasteiger partial charge in [0.05, 0.1) is 0 Å². The van der Waals surface area contributed by atoms with Gasteiger partial charge < -0.3 is 15.2 Å². The van der Waals surface area contributed by atoms with Gasteiger partial charge in [-0.05, 0) is 51.0 Å². The van der Waals surface area contributed by atoms with Crippen molar-refractivity contribution in [3.63, 3.8) is 0 Å². The number of rotatable bonds is 7. The maximum Gasteiger partial charge on any atom is 0.0468 e. The quantitative estimate of drug-likeness (QED) is 0.699. The van der Waals surface area contributed by atoms with E-state index in [0.29, 0.717) is 18.6 Å². The Kier molecular flexibility index (Phi) is 7.01. The van der Waals surface area contributed by atoms with E-state index < -0.39 is 0 Å². The lowest BCUT2D eigenvalue weighted by Gasteiger charge is -2.26. The van der Waals surface area contributed by atoms with Crippen LogP contribution in [0.5, 0.6) is 0 Å². The molecule has 0 amide bonds. The first-order valence-electron chi connectivity index (χ1n) is 6.64. The largest absolute Gasteiger partial charge is 0.396 e. The van der Waals surface area contributed by atoms with E-state index in [1.807, 2.05) is 0 Å². The third-order valence-corrected chi connectivity index (χ3v) is 3.46. The molecule has 3 heteroatoms. The van der Waals surface area contributed by atoms with Crippen LogP contribution in [0, 0.1) is 11.8 Å². The highest BCUT2D eigenvalue weighted by Crippen LogP contribution is 2.20. The SMILES string of the molecule is CC(CCO)CNC(C)CC1CCOCC1. The van der Waals surface area contributed by atoms with E-state index in [-0.39, 0.29) is 0 Å². The fraction of sp³-hybridized carbons (Fsp3) is 1.00. The Labute approximate surface area is 99.6 Å². The fourth-order valence-corrected chi connectivity index (χ4v) is 2.29. The third kappa shape index (κ3) is 5.83. The van der Waals surface area contributed by atoms with Crippen LogP contribution in [-0.4, -0.2) is 37.5 Å². The Bertz CT molecular complexity index is 169. The van der Waals surface area contributed by atoms with Crippen molar-refractivity contribution in [3.8, 4) is 0 Å². The van der Waals surface area contributed by atoms with Crippen LogP contribution in [-0.2, 0) is 4.74 Å². The van der Waals surface area contributed by atoms with Gasteiger partial charge in [-0.1, -0.05) is 6.92 Å². The number of nitrogens with one attached hydrogen (secondary N) is 1. The van der Waals surface area contributed by atoms with Crippen molar-refractivity contribution in [1.29, 1.82) is 0 Å². The maximum absolute atomic E-state index is 8.82. The molecule has 0 radical (unpaired) electrons. The van der Waals surface area contributed by atoms with E-state index in [1.165, 1.54) is 19.3 Å². The van der Waals surface area contributed by atoms with E-state index in [2.05, 4.69) is 19.2 Å². The van der Waals surface area contributed by atoms with Crippen molar-refractivity contribution in [3.05, 3.63) is 0 Å².